The molecule has 0 aliphatic carbocycles. The topological polar surface area (TPSA) is 39.5 Å². The van der Waals surface area contributed by atoms with E-state index in [1.807, 2.05) is 35.0 Å². The van der Waals surface area contributed by atoms with E-state index in [4.69, 9.17) is 21.3 Å². The molecule has 0 fully saturated rings. The zero-order chi connectivity index (χ0) is 14.1. The van der Waals surface area contributed by atoms with Crippen LogP contribution < -0.4 is 9.47 Å². The van der Waals surface area contributed by atoms with Gasteiger partial charge in [0.2, 0.25) is 0 Å². The molecule has 0 saturated carbocycles. The summed E-state index contributed by atoms with van der Waals surface area (Å²) in [6.45, 7) is 0.568. The second-order valence-corrected chi connectivity index (χ2v) is 4.81. The van der Waals surface area contributed by atoms with Gasteiger partial charge >= 0.3 is 0 Å². The van der Waals surface area contributed by atoms with Crippen molar-refractivity contribution < 1.29 is 9.47 Å². The lowest BCUT2D eigenvalue weighted by atomic mass is 10.1. The first-order valence-electron chi connectivity index (χ1n) is 6.11. The molecule has 1 aliphatic rings. The highest BCUT2D eigenvalue weighted by atomic mass is 35.5. The maximum absolute atomic E-state index is 5.95. The summed E-state index contributed by atoms with van der Waals surface area (Å²) in [5.41, 5.74) is 1.76. The molecule has 104 valence electrons. The summed E-state index contributed by atoms with van der Waals surface area (Å²) >= 11 is 5.95. The number of methoxy groups -OCH3 is 2. The van der Waals surface area contributed by atoms with E-state index in [0.29, 0.717) is 6.67 Å². The molecule has 1 aromatic carbocycles. The van der Waals surface area contributed by atoms with Crippen LogP contribution in [-0.4, -0.2) is 28.2 Å². The number of hydrogen-bond acceptors (Lipinski definition) is 4. The SMILES string of the molecule is COc1ccc(-c2cn3c(n2)C=CN(Cl)C3)c(OC)c1. The summed E-state index contributed by atoms with van der Waals surface area (Å²) < 4.78 is 14.2. The van der Waals surface area contributed by atoms with Crippen LogP contribution in [0.2, 0.25) is 0 Å². The number of fused-ring (bicyclic) bond motifs is 1. The third-order valence-corrected chi connectivity index (χ3v) is 3.38. The summed E-state index contributed by atoms with van der Waals surface area (Å²) in [5, 5.41) is 0. The van der Waals surface area contributed by atoms with Gasteiger partial charge in [0.25, 0.3) is 0 Å². The van der Waals surface area contributed by atoms with Crippen LogP contribution in [0.25, 0.3) is 17.3 Å². The number of benzene rings is 1. The zero-order valence-corrected chi connectivity index (χ0v) is 12.0. The van der Waals surface area contributed by atoms with E-state index in [1.165, 1.54) is 0 Å². The second-order valence-electron chi connectivity index (χ2n) is 4.38. The predicted molar refractivity (Wildman–Crippen MR) is 77.5 cm³/mol. The highest BCUT2D eigenvalue weighted by molar-refractivity contribution is 6.14. The van der Waals surface area contributed by atoms with Crippen molar-refractivity contribution in [2.75, 3.05) is 14.2 Å². The first kappa shape index (κ1) is 12.9. The van der Waals surface area contributed by atoms with E-state index in [9.17, 15) is 0 Å². The van der Waals surface area contributed by atoms with Crippen molar-refractivity contribution in [3.05, 3.63) is 36.4 Å². The number of imidazole rings is 1. The van der Waals surface area contributed by atoms with Gasteiger partial charge < -0.3 is 14.0 Å². The smallest absolute Gasteiger partial charge is 0.136 e. The van der Waals surface area contributed by atoms with Crippen molar-refractivity contribution in [3.63, 3.8) is 0 Å². The van der Waals surface area contributed by atoms with Crippen LogP contribution in [0.15, 0.2) is 30.6 Å². The summed E-state index contributed by atoms with van der Waals surface area (Å²) in [5.74, 6) is 2.35. The van der Waals surface area contributed by atoms with Gasteiger partial charge in [-0.3, -0.25) is 4.42 Å². The van der Waals surface area contributed by atoms with Gasteiger partial charge in [-0.25, -0.2) is 4.98 Å². The van der Waals surface area contributed by atoms with Gasteiger partial charge in [0.15, 0.2) is 0 Å². The predicted octanol–water partition coefficient (Wildman–Crippen LogP) is 2.96. The maximum atomic E-state index is 5.95. The fraction of sp³-hybridized carbons (Fsp3) is 0.214. The quantitative estimate of drug-likeness (QED) is 0.815. The minimum Gasteiger partial charge on any atom is -0.497 e. The first-order chi connectivity index (χ1) is 9.71. The summed E-state index contributed by atoms with van der Waals surface area (Å²) in [6, 6.07) is 5.67. The van der Waals surface area contributed by atoms with Gasteiger partial charge in [-0.2, -0.15) is 0 Å². The van der Waals surface area contributed by atoms with Gasteiger partial charge in [0.05, 0.1) is 19.9 Å². The van der Waals surface area contributed by atoms with Gasteiger partial charge in [-0.05, 0) is 18.2 Å². The average Bonchev–Trinajstić information content (AvgIpc) is 2.89. The Morgan fingerprint density at radius 1 is 1.25 bits per heavy atom. The van der Waals surface area contributed by atoms with Crippen molar-refractivity contribution in [2.45, 2.75) is 6.67 Å². The Hall–Kier alpha value is -2.14. The molecule has 1 aromatic heterocycles. The monoisotopic (exact) mass is 291 g/mol. The molecule has 0 radical (unpaired) electrons. The zero-order valence-electron chi connectivity index (χ0n) is 11.2. The van der Waals surface area contributed by atoms with Gasteiger partial charge in [-0.1, -0.05) is 0 Å². The van der Waals surface area contributed by atoms with Crippen LogP contribution in [0.1, 0.15) is 5.82 Å². The molecule has 0 atom stereocenters. The number of hydrogen-bond donors (Lipinski definition) is 0. The van der Waals surface area contributed by atoms with Crippen LogP contribution in [0.4, 0.5) is 0 Å². The van der Waals surface area contributed by atoms with Crippen LogP contribution >= 0.6 is 11.8 Å². The molecule has 2 heterocycles. The van der Waals surface area contributed by atoms with E-state index < -0.39 is 0 Å². The minimum atomic E-state index is 0.568. The van der Waals surface area contributed by atoms with Crippen molar-refractivity contribution in [1.29, 1.82) is 0 Å². The number of halogens is 1. The Morgan fingerprint density at radius 2 is 2.10 bits per heavy atom. The molecule has 0 spiro atoms. The molecule has 3 rings (SSSR count). The largest absolute Gasteiger partial charge is 0.497 e. The van der Waals surface area contributed by atoms with Gasteiger partial charge in [-0.15, -0.1) is 0 Å². The lowest BCUT2D eigenvalue weighted by Crippen LogP contribution is -2.15. The van der Waals surface area contributed by atoms with Crippen LogP contribution in [0.3, 0.4) is 0 Å². The Kier molecular flexibility index (Phi) is 3.28. The van der Waals surface area contributed by atoms with E-state index >= 15 is 0 Å². The molecule has 20 heavy (non-hydrogen) atoms. The molecule has 6 heteroatoms. The highest BCUT2D eigenvalue weighted by Crippen LogP contribution is 2.33. The molecule has 1 aliphatic heterocycles. The van der Waals surface area contributed by atoms with E-state index in [1.54, 1.807) is 24.8 Å². The first-order valence-corrected chi connectivity index (χ1v) is 6.45. The standard InChI is InChI=1S/C14H14ClN3O2/c1-19-10-3-4-11(13(7-10)20-2)12-8-17-9-18(15)6-5-14(17)16-12/h3-8H,9H2,1-2H3. The lowest BCUT2D eigenvalue weighted by Gasteiger charge is -2.16. The van der Waals surface area contributed by atoms with Gasteiger partial charge in [0, 0.05) is 35.8 Å². The van der Waals surface area contributed by atoms with Crippen molar-refractivity contribution >= 4 is 17.9 Å². The second kappa shape index (κ2) is 5.09. The number of aromatic nitrogens is 2. The minimum absolute atomic E-state index is 0.568. The third-order valence-electron chi connectivity index (χ3n) is 3.16. The van der Waals surface area contributed by atoms with E-state index in [-0.39, 0.29) is 0 Å². The molecule has 0 bridgehead atoms. The molecule has 2 aromatic rings. The molecule has 0 N–H and O–H groups in total. The van der Waals surface area contributed by atoms with E-state index in [0.717, 1.165) is 28.6 Å². The molecule has 0 saturated heterocycles. The molecular formula is C14H14ClN3O2. The van der Waals surface area contributed by atoms with Crippen molar-refractivity contribution in [1.82, 2.24) is 14.0 Å². The third kappa shape index (κ3) is 2.20. The van der Waals surface area contributed by atoms with E-state index in [2.05, 4.69) is 4.98 Å². The highest BCUT2D eigenvalue weighted by Gasteiger charge is 2.15. The summed E-state index contributed by atoms with van der Waals surface area (Å²) in [4.78, 5) is 4.59. The Labute approximate surface area is 122 Å². The molecule has 0 unspecified atom stereocenters. The fourth-order valence-corrected chi connectivity index (χ4v) is 2.33. The molecule has 5 nitrogen and oxygen atoms in total. The van der Waals surface area contributed by atoms with Crippen molar-refractivity contribution in [2.24, 2.45) is 0 Å². The number of rotatable bonds is 3. The average molecular weight is 292 g/mol. The number of ether oxygens (including phenoxy) is 2. The maximum Gasteiger partial charge on any atom is 0.136 e. The molecular weight excluding hydrogens is 278 g/mol. The Morgan fingerprint density at radius 3 is 2.85 bits per heavy atom. The van der Waals surface area contributed by atoms with Crippen LogP contribution in [-0.2, 0) is 6.67 Å². The summed E-state index contributed by atoms with van der Waals surface area (Å²) in [7, 11) is 3.26. The Balaban J connectivity index is 2.04. The van der Waals surface area contributed by atoms with Crippen LogP contribution in [0.5, 0.6) is 11.5 Å². The van der Waals surface area contributed by atoms with Crippen LogP contribution in [0, 0.1) is 0 Å². The fourth-order valence-electron chi connectivity index (χ4n) is 2.16. The Bertz CT molecular complexity index is 666. The number of nitrogens with zero attached hydrogens (tertiary/aromatic N) is 3. The normalized spacial score (nSPS) is 13.2. The lowest BCUT2D eigenvalue weighted by molar-refractivity contribution is 0.395. The molecule has 0 amide bonds. The van der Waals surface area contributed by atoms with Gasteiger partial charge in [0.1, 0.15) is 24.0 Å². The van der Waals surface area contributed by atoms with Crippen molar-refractivity contribution in [3.8, 4) is 22.8 Å². The summed E-state index contributed by atoms with van der Waals surface area (Å²) in [6.07, 6.45) is 5.62.